The van der Waals surface area contributed by atoms with Gasteiger partial charge in [-0.1, -0.05) is 20.8 Å². The van der Waals surface area contributed by atoms with Crippen LogP contribution in [0.1, 0.15) is 45.6 Å². The predicted molar refractivity (Wildman–Crippen MR) is 78.6 cm³/mol. The van der Waals surface area contributed by atoms with Crippen LogP contribution in [-0.4, -0.2) is 11.9 Å². The summed E-state index contributed by atoms with van der Waals surface area (Å²) in [7, 11) is 0. The van der Waals surface area contributed by atoms with E-state index in [2.05, 4.69) is 20.8 Å². The Kier molecular flexibility index (Phi) is 4.21. The summed E-state index contributed by atoms with van der Waals surface area (Å²) in [4.78, 5) is 0. The van der Waals surface area contributed by atoms with Gasteiger partial charge in [0, 0.05) is 5.56 Å². The van der Waals surface area contributed by atoms with Crippen molar-refractivity contribution >= 4 is 5.84 Å². The van der Waals surface area contributed by atoms with E-state index in [9.17, 15) is 8.78 Å². The van der Waals surface area contributed by atoms with E-state index in [-0.39, 0.29) is 28.7 Å². The van der Waals surface area contributed by atoms with E-state index in [4.69, 9.17) is 15.9 Å². The van der Waals surface area contributed by atoms with Crippen molar-refractivity contribution in [2.45, 2.75) is 46.1 Å². The van der Waals surface area contributed by atoms with Crippen LogP contribution in [0.4, 0.5) is 8.78 Å². The first-order valence-electron chi connectivity index (χ1n) is 7.18. The summed E-state index contributed by atoms with van der Waals surface area (Å²) in [5.41, 5.74) is 5.38. The zero-order valence-corrected chi connectivity index (χ0v) is 12.7. The smallest absolute Gasteiger partial charge is 0.191 e. The third kappa shape index (κ3) is 3.71. The molecule has 1 aromatic rings. The molecule has 0 heterocycles. The molecule has 1 aliphatic carbocycles. The third-order valence-electron chi connectivity index (χ3n) is 3.94. The first kappa shape index (κ1) is 15.7. The molecular formula is C16H22F2N2O. The van der Waals surface area contributed by atoms with Crippen LogP contribution >= 0.6 is 0 Å². The van der Waals surface area contributed by atoms with Gasteiger partial charge in [-0.15, -0.1) is 0 Å². The molecule has 2 atom stereocenters. The Morgan fingerprint density at radius 3 is 2.33 bits per heavy atom. The van der Waals surface area contributed by atoms with Crippen molar-refractivity contribution in [3.8, 4) is 5.75 Å². The molecule has 21 heavy (non-hydrogen) atoms. The van der Waals surface area contributed by atoms with Crippen LogP contribution in [0, 0.1) is 28.4 Å². The number of benzene rings is 1. The van der Waals surface area contributed by atoms with Gasteiger partial charge in [0.1, 0.15) is 5.84 Å². The number of hydrogen-bond acceptors (Lipinski definition) is 2. The second-order valence-corrected chi connectivity index (χ2v) is 6.84. The van der Waals surface area contributed by atoms with Gasteiger partial charge < -0.3 is 10.5 Å². The molecule has 116 valence electrons. The lowest BCUT2D eigenvalue weighted by Crippen LogP contribution is -2.34. The predicted octanol–water partition coefficient (Wildman–Crippen LogP) is 3.84. The number of nitrogen functional groups attached to an aromatic ring is 1. The molecule has 0 spiro atoms. The molecule has 2 unspecified atom stereocenters. The van der Waals surface area contributed by atoms with Crippen molar-refractivity contribution in [3.63, 3.8) is 0 Å². The molecule has 1 aromatic carbocycles. The second kappa shape index (κ2) is 5.62. The summed E-state index contributed by atoms with van der Waals surface area (Å²) in [5.74, 6) is -1.89. The Balaban J connectivity index is 2.22. The van der Waals surface area contributed by atoms with Crippen molar-refractivity contribution < 1.29 is 13.5 Å². The molecule has 0 aliphatic heterocycles. The summed E-state index contributed by atoms with van der Waals surface area (Å²) >= 11 is 0. The van der Waals surface area contributed by atoms with E-state index in [1.54, 1.807) is 0 Å². The summed E-state index contributed by atoms with van der Waals surface area (Å²) in [6.07, 6.45) is 2.44. The fraction of sp³-hybridized carbons (Fsp3) is 0.562. The van der Waals surface area contributed by atoms with Gasteiger partial charge in [-0.2, -0.15) is 0 Å². The average molecular weight is 296 g/mol. The number of amidine groups is 1. The molecule has 0 aromatic heterocycles. The van der Waals surface area contributed by atoms with Crippen LogP contribution in [0.2, 0.25) is 0 Å². The summed E-state index contributed by atoms with van der Waals surface area (Å²) in [5, 5.41) is 7.23. The molecule has 3 nitrogen and oxygen atoms in total. The van der Waals surface area contributed by atoms with Gasteiger partial charge in [0.15, 0.2) is 17.4 Å². The van der Waals surface area contributed by atoms with Gasteiger partial charge in [0.25, 0.3) is 0 Å². The molecule has 0 amide bonds. The summed E-state index contributed by atoms with van der Waals surface area (Å²) in [6.45, 7) is 6.41. The van der Waals surface area contributed by atoms with Gasteiger partial charge >= 0.3 is 0 Å². The summed E-state index contributed by atoms with van der Waals surface area (Å²) in [6, 6.07) is 2.08. The monoisotopic (exact) mass is 296 g/mol. The maximum Gasteiger partial charge on any atom is 0.191 e. The number of halogens is 2. The van der Waals surface area contributed by atoms with E-state index in [1.165, 1.54) is 0 Å². The zero-order valence-electron chi connectivity index (χ0n) is 12.7. The largest absolute Gasteiger partial charge is 0.484 e. The molecule has 1 aliphatic rings. The van der Waals surface area contributed by atoms with E-state index in [1.807, 2.05) is 0 Å². The quantitative estimate of drug-likeness (QED) is 0.657. The topological polar surface area (TPSA) is 59.1 Å². The number of rotatable bonds is 3. The minimum absolute atomic E-state index is 0.0229. The van der Waals surface area contributed by atoms with E-state index in [0.717, 1.165) is 31.4 Å². The lowest BCUT2D eigenvalue weighted by molar-refractivity contribution is 0.0508. The summed E-state index contributed by atoms with van der Waals surface area (Å²) < 4.78 is 33.6. The molecule has 2 rings (SSSR count). The van der Waals surface area contributed by atoms with Crippen molar-refractivity contribution in [2.24, 2.45) is 17.1 Å². The van der Waals surface area contributed by atoms with Gasteiger partial charge in [-0.25, -0.2) is 8.78 Å². The highest BCUT2D eigenvalue weighted by Gasteiger charge is 2.34. The fourth-order valence-electron chi connectivity index (χ4n) is 3.34. The van der Waals surface area contributed by atoms with Crippen LogP contribution in [0.5, 0.6) is 5.75 Å². The standard InChI is InChI=1S/C16H22F2N2O/c1-9-4-11(8-16(2,3)7-9)21-14-12(17)5-10(15(19)20)6-13(14)18/h5-6,9,11H,4,7-8H2,1-3H3,(H3,19,20). The fourth-order valence-corrected chi connectivity index (χ4v) is 3.34. The second-order valence-electron chi connectivity index (χ2n) is 6.84. The Hall–Kier alpha value is -1.65. The van der Waals surface area contributed by atoms with E-state index < -0.39 is 11.6 Å². The van der Waals surface area contributed by atoms with Gasteiger partial charge in [0.2, 0.25) is 0 Å². The van der Waals surface area contributed by atoms with Crippen molar-refractivity contribution in [2.75, 3.05) is 0 Å². The Bertz CT molecular complexity index is 534. The normalized spacial score (nSPS) is 24.6. The highest BCUT2D eigenvalue weighted by Crippen LogP contribution is 2.40. The lowest BCUT2D eigenvalue weighted by atomic mass is 9.71. The number of nitrogens with one attached hydrogen (secondary N) is 1. The molecule has 1 saturated carbocycles. The van der Waals surface area contributed by atoms with Crippen molar-refractivity contribution in [3.05, 3.63) is 29.3 Å². The molecule has 3 N–H and O–H groups in total. The van der Waals surface area contributed by atoms with Gasteiger partial charge in [-0.3, -0.25) is 5.41 Å². The van der Waals surface area contributed by atoms with Crippen LogP contribution < -0.4 is 10.5 Å². The number of nitrogens with two attached hydrogens (primary N) is 1. The van der Waals surface area contributed by atoms with Crippen LogP contribution in [-0.2, 0) is 0 Å². The van der Waals surface area contributed by atoms with Crippen LogP contribution in [0.25, 0.3) is 0 Å². The SMILES string of the molecule is CC1CC(Oc2c(F)cc(C(=N)N)cc2F)CC(C)(C)C1. The molecule has 0 bridgehead atoms. The first-order valence-corrected chi connectivity index (χ1v) is 7.18. The van der Waals surface area contributed by atoms with Crippen LogP contribution in [0.3, 0.4) is 0 Å². The first-order chi connectivity index (χ1) is 9.68. The maximum atomic E-state index is 14.0. The highest BCUT2D eigenvalue weighted by atomic mass is 19.1. The number of hydrogen-bond donors (Lipinski definition) is 2. The van der Waals surface area contributed by atoms with Gasteiger partial charge in [0.05, 0.1) is 6.10 Å². The minimum Gasteiger partial charge on any atom is -0.484 e. The molecule has 5 heteroatoms. The van der Waals surface area contributed by atoms with Crippen LogP contribution in [0.15, 0.2) is 12.1 Å². The van der Waals surface area contributed by atoms with Gasteiger partial charge in [-0.05, 0) is 42.7 Å². The Morgan fingerprint density at radius 1 is 1.29 bits per heavy atom. The van der Waals surface area contributed by atoms with Crippen molar-refractivity contribution in [1.82, 2.24) is 0 Å². The Morgan fingerprint density at radius 2 is 1.86 bits per heavy atom. The zero-order chi connectivity index (χ0) is 15.8. The van der Waals surface area contributed by atoms with E-state index >= 15 is 0 Å². The molecular weight excluding hydrogens is 274 g/mol. The Labute approximate surface area is 124 Å². The average Bonchev–Trinajstić information content (AvgIpc) is 2.30. The van der Waals surface area contributed by atoms with E-state index in [0.29, 0.717) is 5.92 Å². The molecule has 0 saturated heterocycles. The minimum atomic E-state index is -0.809. The lowest BCUT2D eigenvalue weighted by Gasteiger charge is -2.38. The molecule has 0 radical (unpaired) electrons. The highest BCUT2D eigenvalue weighted by molar-refractivity contribution is 5.95. The maximum absolute atomic E-state index is 14.0. The third-order valence-corrected chi connectivity index (χ3v) is 3.94. The molecule has 1 fully saturated rings. The van der Waals surface area contributed by atoms with Crippen molar-refractivity contribution in [1.29, 1.82) is 5.41 Å². The number of ether oxygens (including phenoxy) is 1.